The smallest absolute Gasteiger partial charge is 0.188 e. The summed E-state index contributed by atoms with van der Waals surface area (Å²) in [5, 5.41) is 9.36. The molecule has 0 aliphatic carbocycles. The lowest BCUT2D eigenvalue weighted by atomic mass is 10.2. The molecular weight excluding hydrogens is 343 g/mol. The van der Waals surface area contributed by atoms with Crippen molar-refractivity contribution in [3.63, 3.8) is 0 Å². The Morgan fingerprint density at radius 1 is 1.08 bits per heavy atom. The lowest BCUT2D eigenvalue weighted by molar-refractivity contribution is 0.0519. The van der Waals surface area contributed by atoms with Gasteiger partial charge in [-0.15, -0.1) is 0 Å². The summed E-state index contributed by atoms with van der Waals surface area (Å²) in [4.78, 5) is 0. The molecule has 3 rings (SSSR count). The van der Waals surface area contributed by atoms with E-state index in [1.165, 1.54) is 41.0 Å². The molecule has 1 heterocycles. The van der Waals surface area contributed by atoms with E-state index in [-0.39, 0.29) is 6.79 Å². The first-order valence-electron chi connectivity index (χ1n) is 9.13. The van der Waals surface area contributed by atoms with E-state index in [9.17, 15) is 0 Å². The van der Waals surface area contributed by atoms with E-state index in [2.05, 4.69) is 48.3 Å². The van der Waals surface area contributed by atoms with Gasteiger partial charge in [0.2, 0.25) is 0 Å². The molecule has 0 spiro atoms. The highest BCUT2D eigenvalue weighted by atomic mass is 31.1. The van der Waals surface area contributed by atoms with Gasteiger partial charge in [-0.25, -0.2) is 0 Å². The first-order valence-corrected chi connectivity index (χ1v) is 10.1. The number of methoxy groups -OCH3 is 1. The molecule has 2 aromatic carbocycles. The molecule has 0 saturated carbocycles. The van der Waals surface area contributed by atoms with Gasteiger partial charge in [0, 0.05) is 31.1 Å². The number of hydrogen-bond acceptors (Lipinski definition) is 4. The Kier molecular flexibility index (Phi) is 7.04. The zero-order valence-electron chi connectivity index (χ0n) is 15.6. The van der Waals surface area contributed by atoms with E-state index in [0.717, 1.165) is 18.8 Å². The Balaban J connectivity index is 1.80. The minimum absolute atomic E-state index is 0.263. The van der Waals surface area contributed by atoms with Crippen LogP contribution in [0.1, 0.15) is 30.4 Å². The number of piperidine rings is 1. The quantitative estimate of drug-likeness (QED) is 0.425. The molecule has 1 atom stereocenters. The van der Waals surface area contributed by atoms with Gasteiger partial charge in [0.1, 0.15) is 5.75 Å². The molecular formula is C21H27N2O2P. The third kappa shape index (κ3) is 5.30. The predicted octanol–water partition coefficient (Wildman–Crippen LogP) is 3.43. The van der Waals surface area contributed by atoms with Crippen molar-refractivity contribution in [2.24, 2.45) is 5.10 Å². The Labute approximate surface area is 158 Å². The number of benzene rings is 2. The van der Waals surface area contributed by atoms with Gasteiger partial charge in [-0.3, -0.25) is 5.01 Å². The van der Waals surface area contributed by atoms with Crippen LogP contribution in [0.5, 0.6) is 5.75 Å². The first-order chi connectivity index (χ1) is 12.8. The molecule has 1 fully saturated rings. The summed E-state index contributed by atoms with van der Waals surface area (Å²) in [6.07, 6.45) is 5.81. The van der Waals surface area contributed by atoms with E-state index in [0.29, 0.717) is 8.58 Å². The summed E-state index contributed by atoms with van der Waals surface area (Å²) in [6.45, 7) is 4.50. The van der Waals surface area contributed by atoms with Crippen LogP contribution in [0, 0.1) is 6.92 Å². The summed E-state index contributed by atoms with van der Waals surface area (Å²) in [7, 11) is 2.15. The predicted molar refractivity (Wildman–Crippen MR) is 111 cm³/mol. The molecule has 0 aromatic heterocycles. The van der Waals surface area contributed by atoms with Crippen molar-refractivity contribution in [1.82, 2.24) is 5.01 Å². The minimum atomic E-state index is 0.263. The molecule has 5 heteroatoms. The summed E-state index contributed by atoms with van der Waals surface area (Å²) in [5.74, 6) is 0.888. The zero-order valence-corrected chi connectivity index (χ0v) is 16.6. The van der Waals surface area contributed by atoms with Crippen LogP contribution in [-0.4, -0.2) is 38.2 Å². The number of ether oxygens (including phenoxy) is 2. The monoisotopic (exact) mass is 370 g/mol. The highest BCUT2D eigenvalue weighted by Gasteiger charge is 2.10. The van der Waals surface area contributed by atoms with Gasteiger partial charge >= 0.3 is 0 Å². The molecule has 1 saturated heterocycles. The number of hydrazone groups is 1. The topological polar surface area (TPSA) is 34.1 Å². The van der Waals surface area contributed by atoms with E-state index in [4.69, 9.17) is 14.6 Å². The maximum Gasteiger partial charge on any atom is 0.188 e. The average molecular weight is 370 g/mol. The van der Waals surface area contributed by atoms with Crippen LogP contribution in [0.15, 0.2) is 47.6 Å². The second-order valence-corrected chi connectivity index (χ2v) is 7.85. The van der Waals surface area contributed by atoms with Crippen LogP contribution < -0.4 is 15.3 Å². The molecule has 4 nitrogen and oxygen atoms in total. The highest BCUT2D eigenvalue weighted by Crippen LogP contribution is 2.22. The summed E-state index contributed by atoms with van der Waals surface area (Å²) >= 11 is 0. The Hall–Kier alpha value is -1.90. The third-order valence-electron chi connectivity index (χ3n) is 4.39. The molecule has 26 heavy (non-hydrogen) atoms. The number of aryl methyl sites for hydroxylation is 1. The molecule has 1 aliphatic rings. The molecule has 0 amide bonds. The number of rotatable bonds is 7. The molecule has 0 radical (unpaired) electrons. The fourth-order valence-corrected chi connectivity index (χ4v) is 4.34. The van der Waals surface area contributed by atoms with Crippen LogP contribution in [0.25, 0.3) is 0 Å². The van der Waals surface area contributed by atoms with Gasteiger partial charge in [0.05, 0.1) is 6.21 Å². The maximum absolute atomic E-state index is 5.75. The SMILES string of the molecule is COCOc1ccc(C)cc1Pc1ccccc1C=NN1CCCCC1. The second kappa shape index (κ2) is 9.70. The van der Waals surface area contributed by atoms with Crippen molar-refractivity contribution in [3.8, 4) is 5.75 Å². The summed E-state index contributed by atoms with van der Waals surface area (Å²) in [6, 6.07) is 14.8. The molecule has 0 bridgehead atoms. The number of nitrogens with zero attached hydrogens (tertiary/aromatic N) is 2. The standard InChI is InChI=1S/C21H27N2O2P/c1-17-10-11-19(25-16-24-2)21(14-17)26-20-9-5-4-8-18(20)15-22-23-12-6-3-7-13-23/h4-5,8-11,14-15,26H,3,6-7,12-13,16H2,1-2H3. The number of hydrogen-bond donors (Lipinski definition) is 0. The van der Waals surface area contributed by atoms with Crippen LogP contribution in [-0.2, 0) is 4.74 Å². The van der Waals surface area contributed by atoms with Crippen LogP contribution in [0.4, 0.5) is 0 Å². The van der Waals surface area contributed by atoms with E-state index in [1.54, 1.807) is 7.11 Å². The van der Waals surface area contributed by atoms with E-state index < -0.39 is 0 Å². The van der Waals surface area contributed by atoms with Crippen molar-refractivity contribution in [2.75, 3.05) is 27.0 Å². The summed E-state index contributed by atoms with van der Waals surface area (Å²) < 4.78 is 10.8. The summed E-state index contributed by atoms with van der Waals surface area (Å²) in [5.41, 5.74) is 2.41. The van der Waals surface area contributed by atoms with E-state index >= 15 is 0 Å². The average Bonchev–Trinajstić information content (AvgIpc) is 2.67. The van der Waals surface area contributed by atoms with Crippen molar-refractivity contribution in [1.29, 1.82) is 0 Å². The molecule has 1 unspecified atom stereocenters. The fourth-order valence-electron chi connectivity index (χ4n) is 2.99. The van der Waals surface area contributed by atoms with Gasteiger partial charge in [-0.2, -0.15) is 5.10 Å². The highest BCUT2D eigenvalue weighted by molar-refractivity contribution is 7.56. The van der Waals surface area contributed by atoms with Crippen LogP contribution >= 0.6 is 8.58 Å². The molecule has 138 valence electrons. The zero-order chi connectivity index (χ0) is 18.2. The van der Waals surface area contributed by atoms with Gasteiger partial charge in [-0.1, -0.05) is 44.5 Å². The maximum atomic E-state index is 5.75. The Bertz CT molecular complexity index is 743. The van der Waals surface area contributed by atoms with Gasteiger partial charge < -0.3 is 9.47 Å². The fraction of sp³-hybridized carbons (Fsp3) is 0.381. The third-order valence-corrected chi connectivity index (χ3v) is 5.77. The van der Waals surface area contributed by atoms with Gasteiger partial charge in [0.25, 0.3) is 0 Å². The van der Waals surface area contributed by atoms with Crippen molar-refractivity contribution in [3.05, 3.63) is 53.6 Å². The normalized spacial score (nSPS) is 15.2. The Morgan fingerprint density at radius 2 is 1.88 bits per heavy atom. The molecule has 1 aliphatic heterocycles. The molecule has 2 aromatic rings. The largest absolute Gasteiger partial charge is 0.467 e. The molecule has 0 N–H and O–H groups in total. The van der Waals surface area contributed by atoms with Crippen molar-refractivity contribution >= 4 is 25.4 Å². The van der Waals surface area contributed by atoms with E-state index in [1.807, 2.05) is 12.3 Å². The lowest BCUT2D eigenvalue weighted by Crippen LogP contribution is -2.24. The van der Waals surface area contributed by atoms with Crippen molar-refractivity contribution < 1.29 is 9.47 Å². The lowest BCUT2D eigenvalue weighted by Gasteiger charge is -2.23. The van der Waals surface area contributed by atoms with Gasteiger partial charge in [-0.05, 0) is 43.6 Å². The van der Waals surface area contributed by atoms with Crippen molar-refractivity contribution in [2.45, 2.75) is 26.2 Å². The van der Waals surface area contributed by atoms with Gasteiger partial charge in [0.15, 0.2) is 6.79 Å². The minimum Gasteiger partial charge on any atom is -0.467 e. The van der Waals surface area contributed by atoms with Crippen LogP contribution in [0.2, 0.25) is 0 Å². The second-order valence-electron chi connectivity index (χ2n) is 6.52. The van der Waals surface area contributed by atoms with Crippen LogP contribution in [0.3, 0.4) is 0 Å². The Morgan fingerprint density at radius 3 is 2.69 bits per heavy atom. The first kappa shape index (κ1) is 18.9.